The second-order valence-electron chi connectivity index (χ2n) is 4.11. The van der Waals surface area contributed by atoms with Crippen molar-refractivity contribution in [3.63, 3.8) is 0 Å². The van der Waals surface area contributed by atoms with Gasteiger partial charge >= 0.3 is 0 Å². The molecular formula is C14H16BrN3S. The van der Waals surface area contributed by atoms with Crippen molar-refractivity contribution in [3.05, 3.63) is 46.7 Å². The molecule has 0 amide bonds. The van der Waals surface area contributed by atoms with E-state index in [2.05, 4.69) is 50.3 Å². The van der Waals surface area contributed by atoms with Crippen LogP contribution in [-0.2, 0) is 6.54 Å². The van der Waals surface area contributed by atoms with Gasteiger partial charge in [-0.2, -0.15) is 0 Å². The summed E-state index contributed by atoms with van der Waals surface area (Å²) in [6.45, 7) is 4.01. The molecule has 0 unspecified atom stereocenters. The van der Waals surface area contributed by atoms with Gasteiger partial charge in [-0.15, -0.1) is 0 Å². The molecule has 100 valence electrons. The lowest BCUT2D eigenvalue weighted by atomic mass is 10.3. The summed E-state index contributed by atoms with van der Waals surface area (Å²) >= 11 is 5.03. The van der Waals surface area contributed by atoms with E-state index in [9.17, 15) is 0 Å². The van der Waals surface area contributed by atoms with Gasteiger partial charge in [-0.3, -0.25) is 0 Å². The quantitative estimate of drug-likeness (QED) is 0.641. The zero-order valence-corrected chi connectivity index (χ0v) is 13.2. The van der Waals surface area contributed by atoms with Crippen molar-refractivity contribution in [2.24, 2.45) is 0 Å². The Bertz CT molecular complexity index is 516. The van der Waals surface area contributed by atoms with Crippen molar-refractivity contribution >= 4 is 27.7 Å². The molecule has 0 fully saturated rings. The summed E-state index contributed by atoms with van der Waals surface area (Å²) in [6, 6.07) is 8.13. The van der Waals surface area contributed by atoms with Crippen molar-refractivity contribution in [1.82, 2.24) is 15.3 Å². The van der Waals surface area contributed by atoms with E-state index in [1.54, 1.807) is 11.8 Å². The highest BCUT2D eigenvalue weighted by Crippen LogP contribution is 2.26. The topological polar surface area (TPSA) is 37.8 Å². The van der Waals surface area contributed by atoms with E-state index in [-0.39, 0.29) is 0 Å². The van der Waals surface area contributed by atoms with Crippen LogP contribution in [0.3, 0.4) is 0 Å². The van der Waals surface area contributed by atoms with Crippen LogP contribution in [0.1, 0.15) is 18.9 Å². The third-order valence-electron chi connectivity index (χ3n) is 2.44. The van der Waals surface area contributed by atoms with Crippen molar-refractivity contribution in [2.45, 2.75) is 29.9 Å². The van der Waals surface area contributed by atoms with Crippen LogP contribution in [0, 0.1) is 0 Å². The van der Waals surface area contributed by atoms with Gasteiger partial charge in [0.15, 0.2) is 5.16 Å². The molecule has 2 aromatic rings. The Morgan fingerprint density at radius 1 is 1.26 bits per heavy atom. The van der Waals surface area contributed by atoms with Gasteiger partial charge in [0.1, 0.15) is 0 Å². The SMILES string of the molecule is CCCNCc1cnc(Sc2cccc(Br)c2)nc1. The minimum Gasteiger partial charge on any atom is -0.313 e. The Labute approximate surface area is 126 Å². The van der Waals surface area contributed by atoms with E-state index in [1.165, 1.54) is 0 Å². The van der Waals surface area contributed by atoms with E-state index in [0.29, 0.717) is 0 Å². The summed E-state index contributed by atoms with van der Waals surface area (Å²) in [5.74, 6) is 0. The Balaban J connectivity index is 1.95. The van der Waals surface area contributed by atoms with Crippen LogP contribution in [0.2, 0.25) is 0 Å². The lowest BCUT2D eigenvalue weighted by Gasteiger charge is -2.04. The number of benzene rings is 1. The van der Waals surface area contributed by atoms with E-state index in [4.69, 9.17) is 0 Å². The standard InChI is InChI=1S/C14H16BrN3S/c1-2-6-16-8-11-9-17-14(18-10-11)19-13-5-3-4-12(15)7-13/h3-5,7,9-10,16H,2,6,8H2,1H3. The first-order valence-corrected chi connectivity index (χ1v) is 7.84. The Morgan fingerprint density at radius 2 is 2.05 bits per heavy atom. The average Bonchev–Trinajstić information content (AvgIpc) is 2.41. The minimum absolute atomic E-state index is 0.775. The largest absolute Gasteiger partial charge is 0.313 e. The van der Waals surface area contributed by atoms with E-state index in [0.717, 1.165) is 39.6 Å². The zero-order chi connectivity index (χ0) is 13.5. The molecule has 0 aliphatic carbocycles. The first kappa shape index (κ1) is 14.5. The normalized spacial score (nSPS) is 10.6. The van der Waals surface area contributed by atoms with Gasteiger partial charge < -0.3 is 5.32 Å². The predicted molar refractivity (Wildman–Crippen MR) is 82.3 cm³/mol. The van der Waals surface area contributed by atoms with Crippen LogP contribution < -0.4 is 5.32 Å². The zero-order valence-electron chi connectivity index (χ0n) is 10.8. The van der Waals surface area contributed by atoms with Gasteiger partial charge in [0.25, 0.3) is 0 Å². The number of nitrogens with zero attached hydrogens (tertiary/aromatic N) is 2. The first-order chi connectivity index (χ1) is 9.28. The van der Waals surface area contributed by atoms with Crippen LogP contribution in [0.25, 0.3) is 0 Å². The highest BCUT2D eigenvalue weighted by molar-refractivity contribution is 9.10. The third kappa shape index (κ3) is 4.93. The molecule has 3 nitrogen and oxygen atoms in total. The summed E-state index contributed by atoms with van der Waals surface area (Å²) < 4.78 is 1.07. The number of nitrogens with one attached hydrogen (secondary N) is 1. The summed E-state index contributed by atoms with van der Waals surface area (Å²) in [5, 5.41) is 4.11. The summed E-state index contributed by atoms with van der Waals surface area (Å²) in [5.41, 5.74) is 1.12. The fourth-order valence-corrected chi connectivity index (χ4v) is 2.84. The predicted octanol–water partition coefficient (Wildman–Crippen LogP) is 3.89. The van der Waals surface area contributed by atoms with Crippen molar-refractivity contribution in [2.75, 3.05) is 6.54 Å². The molecule has 5 heteroatoms. The molecule has 0 atom stereocenters. The minimum atomic E-state index is 0.775. The van der Waals surface area contributed by atoms with Crippen LogP contribution in [0.15, 0.2) is 51.2 Å². The fourth-order valence-electron chi connectivity index (χ4n) is 1.53. The lowest BCUT2D eigenvalue weighted by molar-refractivity contribution is 0.669. The number of hydrogen-bond donors (Lipinski definition) is 1. The van der Waals surface area contributed by atoms with E-state index >= 15 is 0 Å². The highest BCUT2D eigenvalue weighted by atomic mass is 79.9. The number of hydrogen-bond acceptors (Lipinski definition) is 4. The highest BCUT2D eigenvalue weighted by Gasteiger charge is 2.01. The molecular weight excluding hydrogens is 322 g/mol. The van der Waals surface area contributed by atoms with E-state index < -0.39 is 0 Å². The lowest BCUT2D eigenvalue weighted by Crippen LogP contribution is -2.14. The maximum atomic E-state index is 4.38. The van der Waals surface area contributed by atoms with Crippen molar-refractivity contribution in [1.29, 1.82) is 0 Å². The molecule has 1 heterocycles. The summed E-state index contributed by atoms with van der Waals surface area (Å²) in [6.07, 6.45) is 4.91. The summed E-state index contributed by atoms with van der Waals surface area (Å²) in [4.78, 5) is 9.89. The first-order valence-electron chi connectivity index (χ1n) is 6.23. The molecule has 0 bridgehead atoms. The second kappa shape index (κ2) is 7.62. The van der Waals surface area contributed by atoms with Gasteiger partial charge in [0, 0.05) is 33.9 Å². The number of aromatic nitrogens is 2. The molecule has 0 aliphatic rings. The summed E-state index contributed by atoms with van der Waals surface area (Å²) in [7, 11) is 0. The van der Waals surface area contributed by atoms with Gasteiger partial charge in [0.2, 0.25) is 0 Å². The molecule has 1 aromatic heterocycles. The molecule has 0 saturated heterocycles. The van der Waals surface area contributed by atoms with Crippen LogP contribution >= 0.6 is 27.7 Å². The molecule has 0 aliphatic heterocycles. The van der Waals surface area contributed by atoms with Gasteiger partial charge in [-0.05, 0) is 42.9 Å². The molecule has 1 aromatic carbocycles. The molecule has 0 spiro atoms. The Kier molecular flexibility index (Phi) is 5.82. The molecule has 2 rings (SSSR count). The van der Waals surface area contributed by atoms with E-state index in [1.807, 2.05) is 24.5 Å². The monoisotopic (exact) mass is 337 g/mol. The van der Waals surface area contributed by atoms with Gasteiger partial charge in [-0.1, -0.05) is 28.9 Å². The molecule has 19 heavy (non-hydrogen) atoms. The average molecular weight is 338 g/mol. The van der Waals surface area contributed by atoms with Gasteiger partial charge in [0.05, 0.1) is 0 Å². The van der Waals surface area contributed by atoms with Crippen LogP contribution in [-0.4, -0.2) is 16.5 Å². The fraction of sp³-hybridized carbons (Fsp3) is 0.286. The third-order valence-corrected chi connectivity index (χ3v) is 3.82. The maximum absolute atomic E-state index is 4.38. The van der Waals surface area contributed by atoms with Crippen molar-refractivity contribution in [3.8, 4) is 0 Å². The molecule has 1 N–H and O–H groups in total. The Hall–Kier alpha value is -0.910. The number of rotatable bonds is 6. The second-order valence-corrected chi connectivity index (χ2v) is 6.07. The van der Waals surface area contributed by atoms with Crippen LogP contribution in [0.5, 0.6) is 0 Å². The molecule has 0 saturated carbocycles. The maximum Gasteiger partial charge on any atom is 0.192 e. The molecule has 0 radical (unpaired) electrons. The number of halogens is 1. The van der Waals surface area contributed by atoms with Crippen LogP contribution in [0.4, 0.5) is 0 Å². The van der Waals surface area contributed by atoms with Crippen molar-refractivity contribution < 1.29 is 0 Å². The van der Waals surface area contributed by atoms with Gasteiger partial charge in [-0.25, -0.2) is 9.97 Å². The smallest absolute Gasteiger partial charge is 0.192 e. The Morgan fingerprint density at radius 3 is 2.74 bits per heavy atom.